The van der Waals surface area contributed by atoms with Gasteiger partial charge in [0, 0.05) is 25.0 Å². The van der Waals surface area contributed by atoms with Gasteiger partial charge in [0.2, 0.25) is 11.8 Å². The first kappa shape index (κ1) is 17.5. The zero-order chi connectivity index (χ0) is 19.0. The zero-order valence-electron chi connectivity index (χ0n) is 15.3. The van der Waals surface area contributed by atoms with Gasteiger partial charge in [0.05, 0.1) is 6.54 Å². The smallest absolute Gasteiger partial charge is 0.346 e. The number of nitrogens with one attached hydrogen (secondary N) is 1. The fourth-order valence-corrected chi connectivity index (χ4v) is 4.10. The topological polar surface area (TPSA) is 89.2 Å². The first-order valence-electron chi connectivity index (χ1n) is 9.29. The van der Waals surface area contributed by atoms with E-state index in [1.54, 1.807) is 16.4 Å². The molecule has 3 heterocycles. The van der Waals surface area contributed by atoms with Crippen molar-refractivity contribution in [3.05, 3.63) is 52.2 Å². The average Bonchev–Trinajstić information content (AvgIpc) is 3.10. The molecule has 0 spiro atoms. The van der Waals surface area contributed by atoms with Gasteiger partial charge in [-0.1, -0.05) is 30.3 Å². The Balaban J connectivity index is 1.53. The van der Waals surface area contributed by atoms with Crippen LogP contribution in [0.15, 0.2) is 35.1 Å². The predicted octanol–water partition coefficient (Wildman–Crippen LogP) is 0.281. The van der Waals surface area contributed by atoms with E-state index in [0.29, 0.717) is 25.3 Å². The minimum atomic E-state index is -0.291. The average molecular weight is 369 g/mol. The number of nitrogens with zero attached hydrogens (tertiary/aromatic N) is 4. The van der Waals surface area contributed by atoms with E-state index in [1.807, 2.05) is 30.3 Å². The molecule has 2 aromatic rings. The van der Waals surface area contributed by atoms with Crippen LogP contribution in [0.4, 0.5) is 0 Å². The molecule has 8 heteroatoms. The second-order valence-electron chi connectivity index (χ2n) is 7.25. The van der Waals surface area contributed by atoms with Crippen LogP contribution in [0, 0.1) is 6.92 Å². The molecule has 2 unspecified atom stereocenters. The molecule has 2 aliphatic rings. The fourth-order valence-electron chi connectivity index (χ4n) is 4.10. The second kappa shape index (κ2) is 7.02. The summed E-state index contributed by atoms with van der Waals surface area (Å²) < 4.78 is 2.81. The van der Waals surface area contributed by atoms with Gasteiger partial charge >= 0.3 is 5.69 Å². The van der Waals surface area contributed by atoms with Gasteiger partial charge in [-0.3, -0.25) is 14.2 Å². The molecule has 1 N–H and O–H groups in total. The number of carbonyl (C=O) groups excluding carboxylic acids is 2. The summed E-state index contributed by atoms with van der Waals surface area (Å²) in [4.78, 5) is 39.2. The van der Waals surface area contributed by atoms with Gasteiger partial charge in [-0.15, -0.1) is 0 Å². The van der Waals surface area contributed by atoms with Crippen LogP contribution in [0.1, 0.15) is 30.7 Å². The quantitative estimate of drug-likeness (QED) is 0.838. The maximum absolute atomic E-state index is 12.9. The summed E-state index contributed by atoms with van der Waals surface area (Å²) in [5.74, 6) is 0.415. The lowest BCUT2D eigenvalue weighted by atomic mass is 10.1. The maximum atomic E-state index is 12.9. The lowest BCUT2D eigenvalue weighted by Gasteiger charge is -2.27. The molecule has 1 aromatic carbocycles. The Labute approximate surface area is 156 Å². The molecule has 2 bridgehead atoms. The highest BCUT2D eigenvalue weighted by Gasteiger charge is 2.40. The Hall–Kier alpha value is -2.90. The monoisotopic (exact) mass is 369 g/mol. The van der Waals surface area contributed by atoms with Crippen molar-refractivity contribution >= 4 is 11.8 Å². The number of hydrogen-bond donors (Lipinski definition) is 1. The zero-order valence-corrected chi connectivity index (χ0v) is 15.3. The highest BCUT2D eigenvalue weighted by Crippen LogP contribution is 2.28. The van der Waals surface area contributed by atoms with Crippen molar-refractivity contribution in [1.82, 2.24) is 24.6 Å². The molecule has 2 aliphatic heterocycles. The number of amides is 2. The molecule has 142 valence electrons. The fraction of sp³-hybridized carbons (Fsp3) is 0.474. The van der Waals surface area contributed by atoms with Gasteiger partial charge < -0.3 is 10.2 Å². The van der Waals surface area contributed by atoms with Crippen molar-refractivity contribution in [1.29, 1.82) is 0 Å². The molecular formula is C19H23N5O3. The number of aromatic nitrogens is 3. The van der Waals surface area contributed by atoms with Gasteiger partial charge in [0.1, 0.15) is 12.4 Å². The van der Waals surface area contributed by atoms with Crippen molar-refractivity contribution in [3.8, 4) is 0 Å². The number of rotatable bonds is 4. The summed E-state index contributed by atoms with van der Waals surface area (Å²) in [6.45, 7) is 2.58. The molecule has 2 fully saturated rings. The van der Waals surface area contributed by atoms with Crippen LogP contribution in [0.2, 0.25) is 0 Å². The highest BCUT2D eigenvalue weighted by atomic mass is 16.2. The SMILES string of the molecule is Cc1nn(CC(=O)N2C3CCC2CC(=O)NC3)c(=O)n1Cc1ccccc1. The molecule has 2 amide bonds. The van der Waals surface area contributed by atoms with E-state index in [-0.39, 0.29) is 36.1 Å². The van der Waals surface area contributed by atoms with E-state index in [9.17, 15) is 14.4 Å². The standard InChI is InChI=1S/C19H23N5O3/c1-13-21-23(19(27)22(13)11-14-5-3-2-4-6-14)12-18(26)24-15-7-8-16(24)10-20-17(25)9-15/h2-6,15-16H,7-12H2,1H3,(H,20,25). The van der Waals surface area contributed by atoms with Crippen LogP contribution < -0.4 is 11.0 Å². The van der Waals surface area contributed by atoms with Crippen LogP contribution in [0.3, 0.4) is 0 Å². The van der Waals surface area contributed by atoms with Crippen molar-refractivity contribution < 1.29 is 9.59 Å². The Morgan fingerprint density at radius 2 is 1.93 bits per heavy atom. The summed E-state index contributed by atoms with van der Waals surface area (Å²) in [7, 11) is 0. The predicted molar refractivity (Wildman–Crippen MR) is 98.1 cm³/mol. The summed E-state index contributed by atoms with van der Waals surface area (Å²) in [6.07, 6.45) is 2.05. The third kappa shape index (κ3) is 3.39. The second-order valence-corrected chi connectivity index (χ2v) is 7.25. The van der Waals surface area contributed by atoms with Gasteiger partial charge in [-0.25, -0.2) is 9.48 Å². The molecular weight excluding hydrogens is 346 g/mol. The largest absolute Gasteiger partial charge is 0.354 e. The van der Waals surface area contributed by atoms with Crippen LogP contribution in [0.25, 0.3) is 0 Å². The minimum absolute atomic E-state index is 0.0113. The van der Waals surface area contributed by atoms with Gasteiger partial charge in [0.25, 0.3) is 0 Å². The van der Waals surface area contributed by atoms with E-state index in [1.165, 1.54) is 4.68 Å². The molecule has 27 heavy (non-hydrogen) atoms. The third-order valence-corrected chi connectivity index (χ3v) is 5.44. The molecule has 2 atom stereocenters. The Morgan fingerprint density at radius 3 is 2.70 bits per heavy atom. The van der Waals surface area contributed by atoms with Crippen molar-refractivity contribution in [2.24, 2.45) is 0 Å². The van der Waals surface area contributed by atoms with Crippen LogP contribution >= 0.6 is 0 Å². The van der Waals surface area contributed by atoms with Gasteiger partial charge in [-0.2, -0.15) is 5.10 Å². The van der Waals surface area contributed by atoms with Gasteiger partial charge in [-0.05, 0) is 25.3 Å². The number of fused-ring (bicyclic) bond motifs is 2. The normalized spacial score (nSPS) is 21.8. The van der Waals surface area contributed by atoms with Crippen molar-refractivity contribution in [3.63, 3.8) is 0 Å². The molecule has 4 rings (SSSR count). The Morgan fingerprint density at radius 1 is 1.19 bits per heavy atom. The molecule has 1 aromatic heterocycles. The third-order valence-electron chi connectivity index (χ3n) is 5.44. The van der Waals surface area contributed by atoms with Gasteiger partial charge in [0.15, 0.2) is 0 Å². The lowest BCUT2D eigenvalue weighted by molar-refractivity contribution is -0.134. The molecule has 8 nitrogen and oxygen atoms in total. The summed E-state index contributed by atoms with van der Waals surface area (Å²) in [5.41, 5.74) is 0.713. The lowest BCUT2D eigenvalue weighted by Crippen LogP contribution is -2.45. The van der Waals surface area contributed by atoms with Crippen LogP contribution in [-0.2, 0) is 22.7 Å². The van der Waals surface area contributed by atoms with Crippen LogP contribution in [0.5, 0.6) is 0 Å². The number of carbonyl (C=O) groups is 2. The van der Waals surface area contributed by atoms with E-state index in [2.05, 4.69) is 10.4 Å². The van der Waals surface area contributed by atoms with Crippen molar-refractivity contribution in [2.45, 2.75) is 51.4 Å². The van der Waals surface area contributed by atoms with E-state index in [0.717, 1.165) is 18.4 Å². The summed E-state index contributed by atoms with van der Waals surface area (Å²) in [5, 5.41) is 7.14. The van der Waals surface area contributed by atoms with Crippen molar-refractivity contribution in [2.75, 3.05) is 6.54 Å². The maximum Gasteiger partial charge on any atom is 0.346 e. The molecule has 2 saturated heterocycles. The van der Waals surface area contributed by atoms with E-state index in [4.69, 9.17) is 0 Å². The van der Waals surface area contributed by atoms with E-state index < -0.39 is 0 Å². The van der Waals surface area contributed by atoms with Crippen LogP contribution in [-0.4, -0.2) is 49.7 Å². The summed E-state index contributed by atoms with van der Waals surface area (Å²) >= 11 is 0. The number of aryl methyl sites for hydroxylation is 1. The first-order chi connectivity index (χ1) is 13.0. The Bertz CT molecular complexity index is 917. The molecule has 0 saturated carbocycles. The highest BCUT2D eigenvalue weighted by molar-refractivity contribution is 5.81. The molecule has 0 aliphatic carbocycles. The first-order valence-corrected chi connectivity index (χ1v) is 9.29. The number of benzene rings is 1. The minimum Gasteiger partial charge on any atom is -0.354 e. The summed E-state index contributed by atoms with van der Waals surface area (Å²) in [6, 6.07) is 9.62. The molecule has 0 radical (unpaired) electrons. The van der Waals surface area contributed by atoms with E-state index >= 15 is 0 Å². The Kier molecular flexibility index (Phi) is 4.55. The number of hydrogen-bond acceptors (Lipinski definition) is 4.